The lowest BCUT2D eigenvalue weighted by atomic mass is 10.0. The summed E-state index contributed by atoms with van der Waals surface area (Å²) in [5.41, 5.74) is 8.29. The van der Waals surface area contributed by atoms with Crippen molar-refractivity contribution in [3.05, 3.63) is 29.3 Å². The van der Waals surface area contributed by atoms with Crippen molar-refractivity contribution in [1.29, 1.82) is 0 Å². The Morgan fingerprint density at radius 1 is 1.35 bits per heavy atom. The van der Waals surface area contributed by atoms with E-state index in [1.807, 2.05) is 26.0 Å². The summed E-state index contributed by atoms with van der Waals surface area (Å²) in [4.78, 5) is 2.25. The number of nitrogens with two attached hydrogens (primary N) is 1. The Hall–Kier alpha value is -1.06. The van der Waals surface area contributed by atoms with Gasteiger partial charge in [-0.2, -0.15) is 0 Å². The maximum Gasteiger partial charge on any atom is 0.123 e. The molecule has 17 heavy (non-hydrogen) atoms. The summed E-state index contributed by atoms with van der Waals surface area (Å²) in [5.74, 6) is 0.970. The summed E-state index contributed by atoms with van der Waals surface area (Å²) in [6.07, 6.45) is 0. The summed E-state index contributed by atoms with van der Waals surface area (Å²) in [6.45, 7) is 8.77. The van der Waals surface area contributed by atoms with Gasteiger partial charge in [0.25, 0.3) is 0 Å². The summed E-state index contributed by atoms with van der Waals surface area (Å²) in [5, 5.41) is 0. The predicted molar refractivity (Wildman–Crippen MR) is 72.2 cm³/mol. The Bertz CT molecular complexity index is 350. The van der Waals surface area contributed by atoms with Gasteiger partial charge in [0.15, 0.2) is 0 Å². The first-order chi connectivity index (χ1) is 8.08. The highest BCUT2D eigenvalue weighted by Crippen LogP contribution is 2.24. The molecular weight excluding hydrogens is 212 g/mol. The summed E-state index contributed by atoms with van der Waals surface area (Å²) >= 11 is 0. The van der Waals surface area contributed by atoms with Gasteiger partial charge in [-0.1, -0.05) is 13.0 Å². The zero-order valence-electron chi connectivity index (χ0n) is 11.4. The Morgan fingerprint density at radius 2 is 2.06 bits per heavy atom. The standard InChI is InChI=1S/C14H24N2O/c1-5-16(4)10-13-9-12(11(3)15)7-8-14(13)17-6-2/h7-9,11H,5-6,10,15H2,1-4H3. The molecule has 0 aliphatic carbocycles. The van der Waals surface area contributed by atoms with E-state index < -0.39 is 0 Å². The molecule has 1 aromatic carbocycles. The number of nitrogens with zero attached hydrogens (tertiary/aromatic N) is 1. The largest absolute Gasteiger partial charge is 0.494 e. The molecule has 1 atom stereocenters. The van der Waals surface area contributed by atoms with Crippen molar-refractivity contribution < 1.29 is 4.74 Å². The van der Waals surface area contributed by atoms with Crippen molar-refractivity contribution in [3.63, 3.8) is 0 Å². The molecule has 0 bridgehead atoms. The maximum atomic E-state index is 5.92. The highest BCUT2D eigenvalue weighted by Gasteiger charge is 2.09. The lowest BCUT2D eigenvalue weighted by molar-refractivity contribution is 0.311. The number of rotatable bonds is 6. The van der Waals surface area contributed by atoms with Crippen molar-refractivity contribution in [2.45, 2.75) is 33.4 Å². The molecule has 0 amide bonds. The highest BCUT2D eigenvalue weighted by atomic mass is 16.5. The van der Waals surface area contributed by atoms with Crippen LogP contribution in [-0.4, -0.2) is 25.1 Å². The third-order valence-corrected chi connectivity index (χ3v) is 2.89. The molecule has 3 nitrogen and oxygen atoms in total. The van der Waals surface area contributed by atoms with Gasteiger partial charge in [0.1, 0.15) is 5.75 Å². The topological polar surface area (TPSA) is 38.5 Å². The van der Waals surface area contributed by atoms with Gasteiger partial charge in [-0.3, -0.25) is 0 Å². The first-order valence-corrected chi connectivity index (χ1v) is 6.28. The Kier molecular flexibility index (Phi) is 5.45. The van der Waals surface area contributed by atoms with E-state index in [9.17, 15) is 0 Å². The van der Waals surface area contributed by atoms with Crippen LogP contribution >= 0.6 is 0 Å². The minimum atomic E-state index is 0.0661. The molecule has 0 aromatic heterocycles. The molecule has 1 unspecified atom stereocenters. The average molecular weight is 236 g/mol. The summed E-state index contributed by atoms with van der Waals surface area (Å²) in [6, 6.07) is 6.30. The van der Waals surface area contributed by atoms with Gasteiger partial charge in [-0.05, 0) is 45.1 Å². The molecule has 96 valence electrons. The quantitative estimate of drug-likeness (QED) is 0.825. The molecule has 2 N–H and O–H groups in total. The van der Waals surface area contributed by atoms with Crippen LogP contribution in [0.2, 0.25) is 0 Å². The van der Waals surface area contributed by atoms with Crippen LogP contribution in [0.3, 0.4) is 0 Å². The van der Waals surface area contributed by atoms with E-state index in [-0.39, 0.29) is 6.04 Å². The molecule has 0 heterocycles. The number of ether oxygens (including phenoxy) is 1. The molecular formula is C14H24N2O. The van der Waals surface area contributed by atoms with Crippen LogP contribution in [0, 0.1) is 0 Å². The van der Waals surface area contributed by atoms with Gasteiger partial charge in [0, 0.05) is 18.2 Å². The molecule has 0 aliphatic heterocycles. The van der Waals surface area contributed by atoms with E-state index in [1.54, 1.807) is 0 Å². The van der Waals surface area contributed by atoms with Crippen molar-refractivity contribution in [2.24, 2.45) is 5.73 Å². The second-order valence-corrected chi connectivity index (χ2v) is 4.42. The first kappa shape index (κ1) is 14.0. The Morgan fingerprint density at radius 3 is 2.59 bits per heavy atom. The third kappa shape index (κ3) is 4.02. The second-order valence-electron chi connectivity index (χ2n) is 4.42. The molecule has 3 heteroatoms. The van der Waals surface area contributed by atoms with Gasteiger partial charge in [-0.15, -0.1) is 0 Å². The summed E-state index contributed by atoms with van der Waals surface area (Å²) in [7, 11) is 2.11. The SMILES string of the molecule is CCOc1ccc(C(C)N)cc1CN(C)CC. The van der Waals surface area contributed by atoms with Crippen LogP contribution in [0.4, 0.5) is 0 Å². The van der Waals surface area contributed by atoms with E-state index >= 15 is 0 Å². The minimum Gasteiger partial charge on any atom is -0.494 e. The normalized spacial score (nSPS) is 12.8. The van der Waals surface area contributed by atoms with Gasteiger partial charge in [-0.25, -0.2) is 0 Å². The molecule has 0 radical (unpaired) electrons. The average Bonchev–Trinajstić information content (AvgIpc) is 2.31. The van der Waals surface area contributed by atoms with Gasteiger partial charge in [0.2, 0.25) is 0 Å². The van der Waals surface area contributed by atoms with E-state index in [2.05, 4.69) is 24.9 Å². The van der Waals surface area contributed by atoms with E-state index in [4.69, 9.17) is 10.5 Å². The van der Waals surface area contributed by atoms with Crippen LogP contribution in [0.25, 0.3) is 0 Å². The second kappa shape index (κ2) is 6.62. The zero-order chi connectivity index (χ0) is 12.8. The Labute approximate surface area is 105 Å². The van der Waals surface area contributed by atoms with Crippen LogP contribution in [-0.2, 0) is 6.54 Å². The molecule has 0 saturated carbocycles. The van der Waals surface area contributed by atoms with E-state index in [1.165, 1.54) is 5.56 Å². The number of hydrogen-bond donors (Lipinski definition) is 1. The molecule has 0 spiro atoms. The lowest BCUT2D eigenvalue weighted by Gasteiger charge is -2.18. The van der Waals surface area contributed by atoms with Gasteiger partial charge < -0.3 is 15.4 Å². The van der Waals surface area contributed by atoms with E-state index in [0.717, 1.165) is 24.4 Å². The molecule has 1 rings (SSSR count). The van der Waals surface area contributed by atoms with E-state index in [0.29, 0.717) is 6.61 Å². The smallest absolute Gasteiger partial charge is 0.123 e. The Balaban J connectivity index is 2.97. The fraction of sp³-hybridized carbons (Fsp3) is 0.571. The fourth-order valence-electron chi connectivity index (χ4n) is 1.71. The van der Waals surface area contributed by atoms with Crippen molar-refractivity contribution >= 4 is 0 Å². The maximum absolute atomic E-state index is 5.92. The molecule has 1 aromatic rings. The molecule has 0 saturated heterocycles. The number of hydrogen-bond acceptors (Lipinski definition) is 3. The van der Waals surface area contributed by atoms with Crippen LogP contribution < -0.4 is 10.5 Å². The molecule has 0 aliphatic rings. The van der Waals surface area contributed by atoms with Crippen molar-refractivity contribution in [2.75, 3.05) is 20.2 Å². The lowest BCUT2D eigenvalue weighted by Crippen LogP contribution is -2.18. The van der Waals surface area contributed by atoms with Crippen LogP contribution in [0.5, 0.6) is 5.75 Å². The minimum absolute atomic E-state index is 0.0661. The van der Waals surface area contributed by atoms with Crippen molar-refractivity contribution in [1.82, 2.24) is 4.90 Å². The van der Waals surface area contributed by atoms with Gasteiger partial charge in [0.05, 0.1) is 6.61 Å². The molecule has 0 fully saturated rings. The highest BCUT2D eigenvalue weighted by molar-refractivity contribution is 5.38. The first-order valence-electron chi connectivity index (χ1n) is 6.28. The third-order valence-electron chi connectivity index (χ3n) is 2.89. The van der Waals surface area contributed by atoms with Crippen LogP contribution in [0.1, 0.15) is 37.9 Å². The zero-order valence-corrected chi connectivity index (χ0v) is 11.4. The van der Waals surface area contributed by atoms with Gasteiger partial charge >= 0.3 is 0 Å². The predicted octanol–water partition coefficient (Wildman–Crippen LogP) is 2.56. The number of benzene rings is 1. The van der Waals surface area contributed by atoms with Crippen molar-refractivity contribution in [3.8, 4) is 5.75 Å². The van der Waals surface area contributed by atoms with Crippen LogP contribution in [0.15, 0.2) is 18.2 Å². The summed E-state index contributed by atoms with van der Waals surface area (Å²) < 4.78 is 5.65. The fourth-order valence-corrected chi connectivity index (χ4v) is 1.71. The monoisotopic (exact) mass is 236 g/mol.